The van der Waals surface area contributed by atoms with Crippen LogP contribution in [0.4, 0.5) is 0 Å². The van der Waals surface area contributed by atoms with Crippen LogP contribution in [0.2, 0.25) is 10.0 Å². The molecule has 0 spiro atoms. The minimum Gasteiger partial charge on any atom is -0.481 e. The molecule has 0 amide bonds. The molecule has 2 fully saturated rings. The molecule has 4 heterocycles. The molecule has 0 radical (unpaired) electrons. The predicted octanol–water partition coefficient (Wildman–Crippen LogP) is 2.88. The molecule has 0 saturated carbocycles. The molecule has 2 atom stereocenters. The number of hydrogen-bond donors (Lipinski definition) is 1. The lowest BCUT2D eigenvalue weighted by molar-refractivity contribution is -0.137. The van der Waals surface area contributed by atoms with Crippen molar-refractivity contribution < 1.29 is 9.90 Å². The summed E-state index contributed by atoms with van der Waals surface area (Å²) < 4.78 is 1.86. The van der Waals surface area contributed by atoms with Crippen LogP contribution in [0.3, 0.4) is 0 Å². The molecule has 1 N–H and O–H groups in total. The third-order valence-electron chi connectivity index (χ3n) is 6.23. The van der Waals surface area contributed by atoms with Crippen LogP contribution in [0.25, 0.3) is 0 Å². The van der Waals surface area contributed by atoms with E-state index in [1.54, 1.807) is 18.6 Å². The lowest BCUT2D eigenvalue weighted by atomic mass is 9.77. The Kier molecular flexibility index (Phi) is 6.11. The van der Waals surface area contributed by atoms with Gasteiger partial charge in [-0.2, -0.15) is 5.10 Å². The van der Waals surface area contributed by atoms with Crippen molar-refractivity contribution in [1.82, 2.24) is 24.6 Å². The Bertz CT molecular complexity index is 876. The molecule has 2 aliphatic rings. The van der Waals surface area contributed by atoms with Crippen molar-refractivity contribution in [1.29, 1.82) is 0 Å². The Morgan fingerprint density at radius 2 is 2.00 bits per heavy atom. The number of likely N-dealkylation sites (tertiary alicyclic amines) is 2. The zero-order valence-corrected chi connectivity index (χ0v) is 17.7. The number of aliphatic carboxylic acids is 1. The predicted molar refractivity (Wildman–Crippen MR) is 111 cm³/mol. The molecule has 7 nitrogen and oxygen atoms in total. The van der Waals surface area contributed by atoms with Crippen LogP contribution >= 0.6 is 23.2 Å². The summed E-state index contributed by atoms with van der Waals surface area (Å²) in [6.45, 7) is 6.20. The molecule has 9 heteroatoms. The molecular formula is C20H25Cl2N5O2. The molecule has 0 aliphatic carbocycles. The SMILES string of the molecule is O=C(O)CCC12CN(CCn3cc(Cl)cn3)CC1CN(Cc1ccncc1Cl)C2. The average molecular weight is 438 g/mol. The van der Waals surface area contributed by atoms with E-state index in [0.29, 0.717) is 22.4 Å². The van der Waals surface area contributed by atoms with E-state index in [1.807, 2.05) is 16.9 Å². The highest BCUT2D eigenvalue weighted by Gasteiger charge is 2.51. The summed E-state index contributed by atoms with van der Waals surface area (Å²) in [7, 11) is 0. The molecule has 2 unspecified atom stereocenters. The molecule has 156 valence electrons. The van der Waals surface area contributed by atoms with Crippen molar-refractivity contribution in [2.75, 3.05) is 32.7 Å². The van der Waals surface area contributed by atoms with Crippen molar-refractivity contribution in [3.05, 3.63) is 46.5 Å². The van der Waals surface area contributed by atoms with Crippen molar-refractivity contribution in [2.45, 2.75) is 25.9 Å². The summed E-state index contributed by atoms with van der Waals surface area (Å²) in [4.78, 5) is 20.2. The number of carboxylic acid groups (broad SMARTS) is 1. The number of halogens is 2. The van der Waals surface area contributed by atoms with Gasteiger partial charge < -0.3 is 10.0 Å². The van der Waals surface area contributed by atoms with Crippen LogP contribution in [-0.4, -0.2) is 68.4 Å². The van der Waals surface area contributed by atoms with Gasteiger partial charge >= 0.3 is 5.97 Å². The Labute approximate surface area is 180 Å². The standard InChI is InChI=1S/C20H25Cl2N5O2/c21-17-7-24-27(12-17)6-5-25-10-16-11-26(9-15-2-4-23-8-18(15)22)14-20(16,13-25)3-1-19(28)29/h2,4,7-8,12,16H,1,3,5-6,9-11,13-14H2,(H,28,29). The summed E-state index contributed by atoms with van der Waals surface area (Å²) in [5.74, 6) is -0.262. The monoisotopic (exact) mass is 437 g/mol. The van der Waals surface area contributed by atoms with E-state index in [2.05, 4.69) is 19.9 Å². The Hall–Kier alpha value is -1.67. The van der Waals surface area contributed by atoms with E-state index in [0.717, 1.165) is 51.4 Å². The maximum Gasteiger partial charge on any atom is 0.303 e. The largest absolute Gasteiger partial charge is 0.481 e. The Morgan fingerprint density at radius 1 is 1.21 bits per heavy atom. The van der Waals surface area contributed by atoms with Crippen LogP contribution in [0, 0.1) is 11.3 Å². The van der Waals surface area contributed by atoms with Crippen molar-refractivity contribution in [3.63, 3.8) is 0 Å². The van der Waals surface area contributed by atoms with Crippen molar-refractivity contribution >= 4 is 29.2 Å². The topological polar surface area (TPSA) is 74.5 Å². The van der Waals surface area contributed by atoms with Gasteiger partial charge in [0.15, 0.2) is 0 Å². The quantitative estimate of drug-likeness (QED) is 0.684. The fourth-order valence-corrected chi connectivity index (χ4v) is 5.22. The number of hydrogen-bond acceptors (Lipinski definition) is 5. The maximum absolute atomic E-state index is 11.3. The van der Waals surface area contributed by atoms with Crippen molar-refractivity contribution in [2.24, 2.45) is 11.3 Å². The maximum atomic E-state index is 11.3. The molecule has 29 heavy (non-hydrogen) atoms. The molecular weight excluding hydrogens is 413 g/mol. The average Bonchev–Trinajstić information content (AvgIpc) is 3.32. The van der Waals surface area contributed by atoms with E-state index < -0.39 is 5.97 Å². The zero-order chi connectivity index (χ0) is 20.4. The molecule has 2 saturated heterocycles. The van der Waals surface area contributed by atoms with Crippen LogP contribution in [-0.2, 0) is 17.9 Å². The molecule has 0 aromatic carbocycles. The van der Waals surface area contributed by atoms with Gasteiger partial charge in [-0.1, -0.05) is 23.2 Å². The minimum absolute atomic E-state index is 0.0135. The van der Waals surface area contributed by atoms with Crippen LogP contribution in [0.5, 0.6) is 0 Å². The number of fused-ring (bicyclic) bond motifs is 1. The molecule has 2 aromatic heterocycles. The second-order valence-electron chi connectivity index (χ2n) is 8.25. The molecule has 2 aromatic rings. The second-order valence-corrected chi connectivity index (χ2v) is 9.09. The van der Waals surface area contributed by atoms with Gasteiger partial charge in [0, 0.05) is 69.7 Å². The van der Waals surface area contributed by atoms with Crippen LogP contribution in [0.15, 0.2) is 30.9 Å². The van der Waals surface area contributed by atoms with Gasteiger partial charge in [-0.15, -0.1) is 0 Å². The smallest absolute Gasteiger partial charge is 0.303 e. The number of rotatable bonds is 8. The van der Waals surface area contributed by atoms with E-state index in [4.69, 9.17) is 23.2 Å². The molecule has 4 rings (SSSR count). The van der Waals surface area contributed by atoms with Gasteiger partial charge in [0.25, 0.3) is 0 Å². The first-order chi connectivity index (χ1) is 13.9. The van der Waals surface area contributed by atoms with Gasteiger partial charge in [0.1, 0.15) is 0 Å². The first-order valence-electron chi connectivity index (χ1n) is 9.86. The second kappa shape index (κ2) is 8.60. The number of aromatic nitrogens is 3. The van der Waals surface area contributed by atoms with Gasteiger partial charge in [-0.05, 0) is 24.0 Å². The van der Waals surface area contributed by atoms with Gasteiger partial charge in [-0.3, -0.25) is 19.4 Å². The highest BCUT2D eigenvalue weighted by molar-refractivity contribution is 6.31. The molecule has 2 aliphatic heterocycles. The lowest BCUT2D eigenvalue weighted by Crippen LogP contribution is -2.35. The number of carboxylic acids is 1. The van der Waals surface area contributed by atoms with Crippen LogP contribution in [0.1, 0.15) is 18.4 Å². The number of carbonyl (C=O) groups is 1. The zero-order valence-electron chi connectivity index (χ0n) is 16.2. The van der Waals surface area contributed by atoms with Gasteiger partial charge in [0.2, 0.25) is 0 Å². The third kappa shape index (κ3) is 4.74. The van der Waals surface area contributed by atoms with Crippen molar-refractivity contribution in [3.8, 4) is 0 Å². The third-order valence-corrected chi connectivity index (χ3v) is 6.77. The fourth-order valence-electron chi connectivity index (χ4n) is 4.88. The summed E-state index contributed by atoms with van der Waals surface area (Å²) in [6, 6.07) is 1.96. The summed E-state index contributed by atoms with van der Waals surface area (Å²) in [5.41, 5.74) is 1.09. The highest BCUT2D eigenvalue weighted by atomic mass is 35.5. The molecule has 0 bridgehead atoms. The van der Waals surface area contributed by atoms with Gasteiger partial charge in [0.05, 0.1) is 22.8 Å². The van der Waals surface area contributed by atoms with E-state index >= 15 is 0 Å². The fraction of sp³-hybridized carbons (Fsp3) is 0.550. The highest BCUT2D eigenvalue weighted by Crippen LogP contribution is 2.46. The van der Waals surface area contributed by atoms with E-state index in [9.17, 15) is 9.90 Å². The lowest BCUT2D eigenvalue weighted by Gasteiger charge is -2.29. The summed E-state index contributed by atoms with van der Waals surface area (Å²) in [6.07, 6.45) is 7.84. The van der Waals surface area contributed by atoms with E-state index in [1.165, 1.54) is 0 Å². The normalized spacial score (nSPS) is 24.8. The van der Waals surface area contributed by atoms with Crippen LogP contribution < -0.4 is 0 Å². The van der Waals surface area contributed by atoms with Gasteiger partial charge in [-0.25, -0.2) is 0 Å². The summed E-state index contributed by atoms with van der Waals surface area (Å²) >= 11 is 12.2. The Balaban J connectivity index is 1.41. The number of nitrogens with zero attached hydrogens (tertiary/aromatic N) is 5. The minimum atomic E-state index is -0.724. The first-order valence-corrected chi connectivity index (χ1v) is 10.6. The van der Waals surface area contributed by atoms with E-state index in [-0.39, 0.29) is 11.8 Å². The number of pyridine rings is 1. The summed E-state index contributed by atoms with van der Waals surface area (Å²) in [5, 5.41) is 14.8. The Morgan fingerprint density at radius 3 is 2.72 bits per heavy atom. The first kappa shape index (κ1) is 20.6.